The molecule has 2 aromatic carbocycles. The van der Waals surface area contributed by atoms with Gasteiger partial charge in [0.1, 0.15) is 6.61 Å². The smallest absolute Gasteiger partial charge is 0.337 e. The number of methoxy groups -OCH3 is 1. The summed E-state index contributed by atoms with van der Waals surface area (Å²) in [4.78, 5) is 23.2. The summed E-state index contributed by atoms with van der Waals surface area (Å²) in [7, 11) is 1.29. The molecule has 0 saturated heterocycles. The Morgan fingerprint density at radius 3 is 2.40 bits per heavy atom. The van der Waals surface area contributed by atoms with Gasteiger partial charge < -0.3 is 14.8 Å². The van der Waals surface area contributed by atoms with Gasteiger partial charge in [0.2, 0.25) is 0 Å². The number of benzene rings is 2. The van der Waals surface area contributed by atoms with Crippen LogP contribution in [0.2, 0.25) is 0 Å². The van der Waals surface area contributed by atoms with Crippen LogP contribution in [0, 0.1) is 17.7 Å². The minimum Gasteiger partial charge on any atom is -0.478 e. The SMILES string of the molecule is COC(=O)c1ccc(C(=O)NCC#CCOc2ccccc2F)cc1. The first-order chi connectivity index (χ1) is 12.1. The van der Waals surface area contributed by atoms with E-state index in [1.54, 1.807) is 12.1 Å². The first kappa shape index (κ1) is 18.0. The van der Waals surface area contributed by atoms with Crippen LogP contribution in [0.5, 0.6) is 5.75 Å². The molecule has 0 heterocycles. The highest BCUT2D eigenvalue weighted by atomic mass is 19.1. The number of hydrogen-bond acceptors (Lipinski definition) is 4. The fraction of sp³-hybridized carbons (Fsp3) is 0.158. The third-order valence-corrected chi connectivity index (χ3v) is 3.17. The Labute approximate surface area is 144 Å². The number of ether oxygens (including phenoxy) is 2. The number of carbonyl (C=O) groups excluding carboxylic acids is 2. The summed E-state index contributed by atoms with van der Waals surface area (Å²) in [5.74, 6) is 4.29. The molecule has 0 spiro atoms. The number of halogens is 1. The maximum absolute atomic E-state index is 13.3. The number of para-hydroxylation sites is 1. The van der Waals surface area contributed by atoms with Gasteiger partial charge in [0, 0.05) is 5.56 Å². The van der Waals surface area contributed by atoms with E-state index in [-0.39, 0.29) is 24.8 Å². The standard InChI is InChI=1S/C19H16FNO4/c1-24-19(23)15-10-8-14(9-11-15)18(22)21-12-4-5-13-25-17-7-3-2-6-16(17)20/h2-3,6-11H,12-13H2,1H3,(H,21,22). The van der Waals surface area contributed by atoms with Gasteiger partial charge in [-0.05, 0) is 36.4 Å². The van der Waals surface area contributed by atoms with Crippen molar-refractivity contribution in [2.45, 2.75) is 0 Å². The van der Waals surface area contributed by atoms with E-state index in [9.17, 15) is 14.0 Å². The van der Waals surface area contributed by atoms with E-state index in [1.165, 1.54) is 43.5 Å². The Morgan fingerprint density at radius 2 is 1.72 bits per heavy atom. The molecule has 0 bridgehead atoms. The van der Waals surface area contributed by atoms with Gasteiger partial charge in [0.25, 0.3) is 5.91 Å². The molecular weight excluding hydrogens is 325 g/mol. The number of hydrogen-bond donors (Lipinski definition) is 1. The second-order valence-electron chi connectivity index (χ2n) is 4.82. The molecule has 1 amide bonds. The Kier molecular flexibility index (Phi) is 6.55. The van der Waals surface area contributed by atoms with E-state index >= 15 is 0 Å². The average Bonchev–Trinajstić information content (AvgIpc) is 2.65. The van der Waals surface area contributed by atoms with Crippen LogP contribution in [0.25, 0.3) is 0 Å². The fourth-order valence-corrected chi connectivity index (χ4v) is 1.89. The van der Waals surface area contributed by atoms with E-state index < -0.39 is 11.8 Å². The van der Waals surface area contributed by atoms with Crippen molar-refractivity contribution in [3.63, 3.8) is 0 Å². The molecule has 1 N–H and O–H groups in total. The lowest BCUT2D eigenvalue weighted by molar-refractivity contribution is 0.0600. The zero-order valence-corrected chi connectivity index (χ0v) is 13.5. The number of carbonyl (C=O) groups is 2. The molecule has 2 rings (SSSR count). The van der Waals surface area contributed by atoms with Crippen molar-refractivity contribution in [2.24, 2.45) is 0 Å². The molecule has 0 fully saturated rings. The van der Waals surface area contributed by atoms with Crippen LogP contribution in [0.3, 0.4) is 0 Å². The molecule has 0 aromatic heterocycles. The van der Waals surface area contributed by atoms with Crippen LogP contribution in [0.15, 0.2) is 48.5 Å². The predicted molar refractivity (Wildman–Crippen MR) is 89.8 cm³/mol. The van der Waals surface area contributed by atoms with Crippen molar-refractivity contribution in [1.82, 2.24) is 5.32 Å². The molecule has 6 heteroatoms. The number of rotatable bonds is 5. The van der Waals surface area contributed by atoms with Gasteiger partial charge in [-0.1, -0.05) is 24.0 Å². The summed E-state index contributed by atoms with van der Waals surface area (Å²) < 4.78 is 23.1. The summed E-state index contributed by atoms with van der Waals surface area (Å²) in [6.45, 7) is 0.142. The maximum atomic E-state index is 13.3. The largest absolute Gasteiger partial charge is 0.478 e. The Balaban J connectivity index is 1.77. The second-order valence-corrected chi connectivity index (χ2v) is 4.82. The van der Waals surface area contributed by atoms with Crippen LogP contribution < -0.4 is 10.1 Å². The zero-order chi connectivity index (χ0) is 18.1. The second kappa shape index (κ2) is 9.08. The third-order valence-electron chi connectivity index (χ3n) is 3.17. The minimum absolute atomic E-state index is 0.0185. The van der Waals surface area contributed by atoms with Crippen molar-refractivity contribution >= 4 is 11.9 Å². The van der Waals surface area contributed by atoms with Crippen molar-refractivity contribution in [1.29, 1.82) is 0 Å². The zero-order valence-electron chi connectivity index (χ0n) is 13.5. The molecule has 0 radical (unpaired) electrons. The maximum Gasteiger partial charge on any atom is 0.337 e. The molecule has 25 heavy (non-hydrogen) atoms. The molecule has 0 aliphatic carbocycles. The van der Waals surface area contributed by atoms with Crippen molar-refractivity contribution in [3.8, 4) is 17.6 Å². The monoisotopic (exact) mass is 341 g/mol. The Morgan fingerprint density at radius 1 is 1.04 bits per heavy atom. The summed E-state index contributed by atoms with van der Waals surface area (Å²) >= 11 is 0. The van der Waals surface area contributed by atoms with E-state index in [4.69, 9.17) is 4.74 Å². The van der Waals surface area contributed by atoms with Gasteiger partial charge in [-0.2, -0.15) is 0 Å². The molecule has 5 nitrogen and oxygen atoms in total. The average molecular weight is 341 g/mol. The van der Waals surface area contributed by atoms with E-state index in [1.807, 2.05) is 0 Å². The van der Waals surface area contributed by atoms with Crippen LogP contribution in [0.1, 0.15) is 20.7 Å². The number of esters is 1. The first-order valence-electron chi connectivity index (χ1n) is 7.41. The van der Waals surface area contributed by atoms with Crippen LogP contribution in [0.4, 0.5) is 4.39 Å². The van der Waals surface area contributed by atoms with Crippen LogP contribution >= 0.6 is 0 Å². The van der Waals surface area contributed by atoms with E-state index in [2.05, 4.69) is 21.9 Å². The molecule has 0 unspecified atom stereocenters. The van der Waals surface area contributed by atoms with E-state index in [0.29, 0.717) is 11.1 Å². The molecular formula is C19H16FNO4. The number of nitrogens with one attached hydrogen (secondary N) is 1. The predicted octanol–water partition coefficient (Wildman–Crippen LogP) is 2.42. The Hall–Kier alpha value is -3.33. The van der Waals surface area contributed by atoms with Gasteiger partial charge >= 0.3 is 5.97 Å². The molecule has 0 atom stereocenters. The highest BCUT2D eigenvalue weighted by Gasteiger charge is 2.08. The van der Waals surface area contributed by atoms with Gasteiger partial charge in [-0.25, -0.2) is 9.18 Å². The molecule has 128 valence electrons. The third kappa shape index (κ3) is 5.36. The lowest BCUT2D eigenvalue weighted by Crippen LogP contribution is -2.23. The molecule has 0 aliphatic heterocycles. The molecule has 0 aliphatic rings. The van der Waals surface area contributed by atoms with E-state index in [0.717, 1.165) is 0 Å². The lowest BCUT2D eigenvalue weighted by atomic mass is 10.1. The first-order valence-corrected chi connectivity index (χ1v) is 7.41. The summed E-state index contributed by atoms with van der Waals surface area (Å²) in [5, 5.41) is 2.61. The van der Waals surface area contributed by atoms with Gasteiger partial charge in [0.05, 0.1) is 19.2 Å². The van der Waals surface area contributed by atoms with Crippen molar-refractivity contribution < 1.29 is 23.5 Å². The van der Waals surface area contributed by atoms with Crippen LogP contribution in [-0.2, 0) is 4.74 Å². The molecule has 2 aromatic rings. The topological polar surface area (TPSA) is 64.6 Å². The number of amides is 1. The molecule has 0 saturated carbocycles. The van der Waals surface area contributed by atoms with Crippen molar-refractivity contribution in [3.05, 3.63) is 65.5 Å². The lowest BCUT2D eigenvalue weighted by Gasteiger charge is -2.03. The van der Waals surface area contributed by atoms with Crippen LogP contribution in [-0.4, -0.2) is 32.1 Å². The normalized spacial score (nSPS) is 9.52. The highest BCUT2D eigenvalue weighted by molar-refractivity contribution is 5.96. The van der Waals surface area contributed by atoms with Gasteiger partial charge in [-0.15, -0.1) is 0 Å². The minimum atomic E-state index is -0.465. The quantitative estimate of drug-likeness (QED) is 0.670. The fourth-order valence-electron chi connectivity index (χ4n) is 1.89. The highest BCUT2D eigenvalue weighted by Crippen LogP contribution is 2.14. The summed E-state index contributed by atoms with van der Waals surface area (Å²) in [6, 6.07) is 12.1. The van der Waals surface area contributed by atoms with Gasteiger partial charge in [-0.3, -0.25) is 4.79 Å². The van der Waals surface area contributed by atoms with Crippen molar-refractivity contribution in [2.75, 3.05) is 20.3 Å². The summed E-state index contributed by atoms with van der Waals surface area (Å²) in [5.41, 5.74) is 0.765. The van der Waals surface area contributed by atoms with Gasteiger partial charge in [0.15, 0.2) is 11.6 Å². The Bertz CT molecular complexity index is 806. The summed E-state index contributed by atoms with van der Waals surface area (Å²) in [6.07, 6.45) is 0.